The molecule has 0 atom stereocenters. The topological polar surface area (TPSA) is 107 Å². The Bertz CT molecular complexity index is 336. The molecule has 0 radical (unpaired) electrons. The molecule has 0 aliphatic rings. The first kappa shape index (κ1) is 12.8. The summed E-state index contributed by atoms with van der Waals surface area (Å²) in [5.41, 5.74) is -0.282. The third-order valence-electron chi connectivity index (χ3n) is 1.39. The van der Waals surface area contributed by atoms with Crippen LogP contribution in [0.3, 0.4) is 0 Å². The standard InChI is InChI=1S/C7H6O6.Mg.2H/c8-4-1-3(7(11)13-12)2-5(9)6(4)10;;;/h1-2,8-10,12H;;;/q;+2;2*-1. The maximum absolute atomic E-state index is 10.7. The Kier molecular flexibility index (Phi) is 4.48. The van der Waals surface area contributed by atoms with Crippen molar-refractivity contribution in [1.82, 2.24) is 0 Å². The molecule has 0 fully saturated rings. The zero-order valence-corrected chi connectivity index (χ0v) is 8.38. The Labute approximate surface area is 97.4 Å². The Morgan fingerprint density at radius 2 is 1.64 bits per heavy atom. The van der Waals surface area contributed by atoms with E-state index in [1.54, 1.807) is 0 Å². The van der Waals surface area contributed by atoms with Gasteiger partial charge in [0.05, 0.1) is 5.56 Å². The molecule has 0 heterocycles. The number of aromatic hydroxyl groups is 3. The van der Waals surface area contributed by atoms with Gasteiger partial charge in [-0.2, -0.15) is 5.26 Å². The molecule has 1 rings (SSSR count). The van der Waals surface area contributed by atoms with E-state index in [2.05, 4.69) is 4.89 Å². The summed E-state index contributed by atoms with van der Waals surface area (Å²) in [4.78, 5) is 14.0. The van der Waals surface area contributed by atoms with Crippen LogP contribution in [0.1, 0.15) is 13.2 Å². The SMILES string of the molecule is O=C(OO)c1cc(O)c(O)c(O)c1.[H-].[H-].[Mg+2]. The largest absolute Gasteiger partial charge is 2.00 e. The van der Waals surface area contributed by atoms with Gasteiger partial charge < -0.3 is 18.2 Å². The minimum atomic E-state index is -1.15. The van der Waals surface area contributed by atoms with E-state index >= 15 is 0 Å². The van der Waals surface area contributed by atoms with Crippen LogP contribution in [0.2, 0.25) is 0 Å². The predicted molar refractivity (Wildman–Crippen MR) is 47.5 cm³/mol. The summed E-state index contributed by atoms with van der Waals surface area (Å²) in [6.07, 6.45) is 0. The van der Waals surface area contributed by atoms with Gasteiger partial charge in [0.1, 0.15) is 0 Å². The Balaban J connectivity index is -0.000000563. The first-order valence-corrected chi connectivity index (χ1v) is 3.17. The van der Waals surface area contributed by atoms with Gasteiger partial charge in [-0.25, -0.2) is 4.79 Å². The molecule has 0 bridgehead atoms. The second kappa shape index (κ2) is 4.89. The maximum Gasteiger partial charge on any atom is 2.00 e. The molecule has 0 saturated heterocycles. The molecule has 0 aromatic heterocycles. The van der Waals surface area contributed by atoms with Crippen LogP contribution in [0.25, 0.3) is 0 Å². The number of hydrogen-bond acceptors (Lipinski definition) is 6. The average Bonchev–Trinajstić information content (AvgIpc) is 2.12. The maximum atomic E-state index is 10.7. The van der Waals surface area contributed by atoms with Crippen molar-refractivity contribution in [2.45, 2.75) is 0 Å². The van der Waals surface area contributed by atoms with E-state index in [0.29, 0.717) is 0 Å². The van der Waals surface area contributed by atoms with Crippen LogP contribution in [0.5, 0.6) is 17.2 Å². The Hall–Kier alpha value is -1.18. The fraction of sp³-hybridized carbons (Fsp3) is 0. The van der Waals surface area contributed by atoms with Crippen LogP contribution < -0.4 is 0 Å². The second-order valence-corrected chi connectivity index (χ2v) is 2.24. The van der Waals surface area contributed by atoms with Crippen LogP contribution in [0.15, 0.2) is 12.1 Å². The molecular formula is C7H8MgO6. The van der Waals surface area contributed by atoms with E-state index in [0.717, 1.165) is 12.1 Å². The van der Waals surface area contributed by atoms with Crippen LogP contribution in [-0.4, -0.2) is 49.6 Å². The van der Waals surface area contributed by atoms with Crippen molar-refractivity contribution in [2.24, 2.45) is 0 Å². The van der Waals surface area contributed by atoms with Crippen LogP contribution in [0, 0.1) is 0 Å². The molecule has 1 aromatic rings. The second-order valence-electron chi connectivity index (χ2n) is 2.24. The van der Waals surface area contributed by atoms with E-state index in [9.17, 15) is 4.79 Å². The Morgan fingerprint density at radius 1 is 1.21 bits per heavy atom. The van der Waals surface area contributed by atoms with E-state index < -0.39 is 23.2 Å². The van der Waals surface area contributed by atoms with Crippen molar-refractivity contribution in [2.75, 3.05) is 0 Å². The van der Waals surface area contributed by atoms with Crippen molar-refractivity contribution in [3.8, 4) is 17.2 Å². The molecule has 74 valence electrons. The van der Waals surface area contributed by atoms with Gasteiger partial charge in [0.25, 0.3) is 0 Å². The monoisotopic (exact) mass is 212 g/mol. The number of hydrogen-bond donors (Lipinski definition) is 4. The van der Waals surface area contributed by atoms with Crippen LogP contribution in [-0.2, 0) is 4.89 Å². The van der Waals surface area contributed by atoms with Gasteiger partial charge in [-0.1, -0.05) is 0 Å². The van der Waals surface area contributed by atoms with Crippen LogP contribution >= 0.6 is 0 Å². The predicted octanol–water partition coefficient (Wildman–Crippen LogP) is 0.277. The average molecular weight is 212 g/mol. The van der Waals surface area contributed by atoms with Gasteiger partial charge in [0.15, 0.2) is 17.2 Å². The van der Waals surface area contributed by atoms with Gasteiger partial charge in [0, 0.05) is 0 Å². The molecular weight excluding hydrogens is 204 g/mol. The minimum Gasteiger partial charge on any atom is -1.00 e. The summed E-state index contributed by atoms with van der Waals surface area (Å²) in [7, 11) is 0. The molecule has 1 aromatic carbocycles. The molecule has 0 aliphatic heterocycles. The fourth-order valence-electron chi connectivity index (χ4n) is 0.775. The number of phenols is 3. The van der Waals surface area contributed by atoms with E-state index in [1.807, 2.05) is 0 Å². The first-order chi connectivity index (χ1) is 6.06. The number of carbonyl (C=O) groups is 1. The van der Waals surface area contributed by atoms with Crippen molar-refractivity contribution in [3.05, 3.63) is 17.7 Å². The summed E-state index contributed by atoms with van der Waals surface area (Å²) in [5, 5.41) is 34.7. The summed E-state index contributed by atoms with van der Waals surface area (Å²) in [6, 6.07) is 1.68. The Morgan fingerprint density at radius 3 is 2.00 bits per heavy atom. The molecule has 0 saturated carbocycles. The molecule has 7 heteroatoms. The van der Waals surface area contributed by atoms with Crippen molar-refractivity contribution >= 4 is 29.0 Å². The first-order valence-electron chi connectivity index (χ1n) is 3.17. The number of carbonyl (C=O) groups excluding carboxylic acids is 1. The molecule has 0 unspecified atom stereocenters. The third-order valence-corrected chi connectivity index (χ3v) is 1.39. The summed E-state index contributed by atoms with van der Waals surface area (Å²) < 4.78 is 0. The van der Waals surface area contributed by atoms with Crippen molar-refractivity contribution < 1.29 is 33.1 Å². The summed E-state index contributed by atoms with van der Waals surface area (Å²) >= 11 is 0. The smallest absolute Gasteiger partial charge is 1.00 e. The number of rotatable bonds is 1. The van der Waals surface area contributed by atoms with Gasteiger partial charge >= 0.3 is 29.0 Å². The molecule has 4 N–H and O–H groups in total. The molecule has 6 nitrogen and oxygen atoms in total. The molecule has 0 aliphatic carbocycles. The zero-order valence-electron chi connectivity index (χ0n) is 8.97. The molecule has 14 heavy (non-hydrogen) atoms. The van der Waals surface area contributed by atoms with Gasteiger partial charge in [-0.15, -0.1) is 0 Å². The van der Waals surface area contributed by atoms with E-state index in [1.165, 1.54) is 0 Å². The molecule has 0 spiro atoms. The third kappa shape index (κ3) is 2.41. The summed E-state index contributed by atoms with van der Waals surface area (Å²) in [6.45, 7) is 0. The number of benzene rings is 1. The normalized spacial score (nSPS) is 8.93. The van der Waals surface area contributed by atoms with Gasteiger partial charge in [-0.05, 0) is 12.1 Å². The van der Waals surface area contributed by atoms with Gasteiger partial charge in [0.2, 0.25) is 0 Å². The number of phenolic OH excluding ortho intramolecular Hbond substituents is 3. The minimum absolute atomic E-state index is 0. The molecule has 0 amide bonds. The van der Waals surface area contributed by atoms with Crippen LogP contribution in [0.4, 0.5) is 0 Å². The van der Waals surface area contributed by atoms with Crippen molar-refractivity contribution in [3.63, 3.8) is 0 Å². The van der Waals surface area contributed by atoms with E-state index in [-0.39, 0.29) is 31.5 Å². The summed E-state index contributed by atoms with van der Waals surface area (Å²) in [5.74, 6) is -3.25. The quantitative estimate of drug-likeness (QED) is 0.230. The zero-order chi connectivity index (χ0) is 10.0. The van der Waals surface area contributed by atoms with E-state index in [4.69, 9.17) is 20.6 Å². The fourth-order valence-corrected chi connectivity index (χ4v) is 0.775. The van der Waals surface area contributed by atoms with Gasteiger partial charge in [-0.3, -0.25) is 4.89 Å². The van der Waals surface area contributed by atoms with Crippen molar-refractivity contribution in [1.29, 1.82) is 0 Å².